The predicted molar refractivity (Wildman–Crippen MR) is 96.8 cm³/mol. The van der Waals surface area contributed by atoms with Crippen molar-refractivity contribution in [3.8, 4) is 0 Å². The van der Waals surface area contributed by atoms with Crippen LogP contribution in [-0.4, -0.2) is 42.5 Å². The Labute approximate surface area is 158 Å². The number of anilines is 1. The van der Waals surface area contributed by atoms with Gasteiger partial charge in [-0.15, -0.1) is 0 Å². The summed E-state index contributed by atoms with van der Waals surface area (Å²) in [5.74, 6) is -2.00. The van der Waals surface area contributed by atoms with Crippen molar-refractivity contribution in [2.75, 3.05) is 12.5 Å². The van der Waals surface area contributed by atoms with Crippen LogP contribution < -0.4 is 5.43 Å². The normalized spacial score (nSPS) is 11.6. The Morgan fingerprint density at radius 2 is 1.82 bits per heavy atom. The van der Waals surface area contributed by atoms with E-state index in [9.17, 15) is 28.1 Å². The van der Waals surface area contributed by atoms with Gasteiger partial charge in [-0.05, 0) is 24.3 Å². The fourth-order valence-corrected chi connectivity index (χ4v) is 2.49. The number of ether oxygens (including phenoxy) is 1. The molecule has 0 aliphatic heterocycles. The molecule has 0 amide bonds. The van der Waals surface area contributed by atoms with Crippen molar-refractivity contribution in [2.45, 2.75) is 4.90 Å². The van der Waals surface area contributed by atoms with Gasteiger partial charge in [0.15, 0.2) is 0 Å². The van der Waals surface area contributed by atoms with Gasteiger partial charge < -0.3 is 4.74 Å². The quantitative estimate of drug-likeness (QED) is 0.132. The first-order valence-electron chi connectivity index (χ1n) is 7.42. The Balaban J connectivity index is 2.33. The highest BCUT2D eigenvalue weighted by Gasteiger charge is 2.24. The average molecular weight is 407 g/mol. The standard InChI is InChI=1S/C16H13N3O8S/c1-27-16(21)14(15(20)10-3-2-4-12(9-10)19(22)23)18-17-11-5-7-13(8-6-11)28(24,25)26/h2-9,17H,1H3,(H,24,25,26). The first-order chi connectivity index (χ1) is 13.1. The van der Waals surface area contributed by atoms with Crippen LogP contribution in [0.15, 0.2) is 58.5 Å². The second-order valence-corrected chi connectivity index (χ2v) is 6.62. The highest BCUT2D eigenvalue weighted by Crippen LogP contribution is 2.16. The molecule has 146 valence electrons. The molecule has 0 unspecified atom stereocenters. The zero-order valence-electron chi connectivity index (χ0n) is 14.2. The largest absolute Gasteiger partial charge is 0.464 e. The van der Waals surface area contributed by atoms with E-state index >= 15 is 0 Å². The van der Waals surface area contributed by atoms with Crippen LogP contribution in [0.3, 0.4) is 0 Å². The lowest BCUT2D eigenvalue weighted by molar-refractivity contribution is -0.384. The molecule has 28 heavy (non-hydrogen) atoms. The minimum atomic E-state index is -4.38. The summed E-state index contributed by atoms with van der Waals surface area (Å²) in [7, 11) is -3.35. The molecule has 0 spiro atoms. The molecule has 0 radical (unpaired) electrons. The number of hydrogen-bond donors (Lipinski definition) is 2. The van der Waals surface area contributed by atoms with Crippen LogP contribution in [0.2, 0.25) is 0 Å². The number of non-ortho nitro benzene ring substituents is 1. The molecule has 0 atom stereocenters. The van der Waals surface area contributed by atoms with E-state index in [2.05, 4.69) is 15.3 Å². The lowest BCUT2D eigenvalue weighted by Gasteiger charge is -2.06. The van der Waals surface area contributed by atoms with E-state index < -0.39 is 32.5 Å². The van der Waals surface area contributed by atoms with Crippen molar-refractivity contribution < 1.29 is 32.2 Å². The van der Waals surface area contributed by atoms with Gasteiger partial charge in [-0.25, -0.2) is 4.79 Å². The first-order valence-corrected chi connectivity index (χ1v) is 8.86. The van der Waals surface area contributed by atoms with Gasteiger partial charge in [0.05, 0.1) is 22.6 Å². The lowest BCUT2D eigenvalue weighted by atomic mass is 10.1. The number of carbonyl (C=O) groups excluding carboxylic acids is 2. The summed E-state index contributed by atoms with van der Waals surface area (Å²) in [5, 5.41) is 14.5. The number of hydrogen-bond acceptors (Lipinski definition) is 9. The molecule has 11 nitrogen and oxygen atoms in total. The summed E-state index contributed by atoms with van der Waals surface area (Å²) in [6, 6.07) is 9.35. The van der Waals surface area contributed by atoms with E-state index in [1.54, 1.807) is 0 Å². The monoisotopic (exact) mass is 407 g/mol. The minimum Gasteiger partial charge on any atom is -0.464 e. The van der Waals surface area contributed by atoms with Crippen molar-refractivity contribution in [1.29, 1.82) is 0 Å². The molecule has 12 heteroatoms. The van der Waals surface area contributed by atoms with Crippen molar-refractivity contribution in [1.82, 2.24) is 0 Å². The second-order valence-electron chi connectivity index (χ2n) is 5.20. The fraction of sp³-hybridized carbons (Fsp3) is 0.0625. The summed E-state index contributed by atoms with van der Waals surface area (Å²) in [6.07, 6.45) is 0. The Hall–Kier alpha value is -3.64. The molecule has 2 aromatic rings. The number of ketones is 1. The third-order valence-corrected chi connectivity index (χ3v) is 4.23. The number of carbonyl (C=O) groups is 2. The van der Waals surface area contributed by atoms with Gasteiger partial charge in [0.25, 0.3) is 15.8 Å². The minimum absolute atomic E-state index is 0.151. The number of esters is 1. The molecule has 0 saturated carbocycles. The zero-order chi connectivity index (χ0) is 20.9. The number of hydrazone groups is 1. The van der Waals surface area contributed by atoms with Crippen molar-refractivity contribution in [3.05, 3.63) is 64.2 Å². The number of methoxy groups -OCH3 is 1. The van der Waals surface area contributed by atoms with Gasteiger partial charge >= 0.3 is 5.97 Å². The third-order valence-electron chi connectivity index (χ3n) is 3.36. The highest BCUT2D eigenvalue weighted by atomic mass is 32.2. The number of nitro benzene ring substituents is 1. The van der Waals surface area contributed by atoms with Crippen molar-refractivity contribution in [2.24, 2.45) is 5.10 Å². The Bertz CT molecular complexity index is 1060. The molecule has 0 aliphatic carbocycles. The third kappa shape index (κ3) is 4.96. The van der Waals surface area contributed by atoms with Gasteiger partial charge in [0.2, 0.25) is 11.5 Å². The second kappa shape index (κ2) is 8.37. The van der Waals surface area contributed by atoms with Gasteiger partial charge in [0.1, 0.15) is 0 Å². The molecule has 0 aliphatic rings. The van der Waals surface area contributed by atoms with Crippen LogP contribution in [0.1, 0.15) is 10.4 Å². The van der Waals surface area contributed by atoms with E-state index in [1.807, 2.05) is 0 Å². The Kier molecular flexibility index (Phi) is 6.18. The van der Waals surface area contributed by atoms with Gasteiger partial charge in [-0.1, -0.05) is 12.1 Å². The topological polar surface area (TPSA) is 165 Å². The molecule has 0 fully saturated rings. The molecule has 2 N–H and O–H groups in total. The number of rotatable bonds is 7. The van der Waals surface area contributed by atoms with E-state index in [-0.39, 0.29) is 21.8 Å². The van der Waals surface area contributed by atoms with Gasteiger partial charge in [-0.2, -0.15) is 13.5 Å². The van der Waals surface area contributed by atoms with Crippen LogP contribution in [0, 0.1) is 10.1 Å². The maximum absolute atomic E-state index is 12.5. The molecule has 0 aromatic heterocycles. The summed E-state index contributed by atoms with van der Waals surface area (Å²) in [6.45, 7) is 0. The number of benzene rings is 2. The maximum atomic E-state index is 12.5. The first kappa shape index (κ1) is 20.7. The average Bonchev–Trinajstić information content (AvgIpc) is 2.67. The SMILES string of the molecule is COC(=O)C(=NNc1ccc(S(=O)(=O)O)cc1)C(=O)c1cccc([N+](=O)[O-])c1. The maximum Gasteiger partial charge on any atom is 0.362 e. The smallest absolute Gasteiger partial charge is 0.362 e. The molecular formula is C16H13N3O8S. The van der Waals surface area contributed by atoms with Crippen molar-refractivity contribution >= 4 is 39.0 Å². The van der Waals surface area contributed by atoms with E-state index in [0.717, 1.165) is 25.3 Å². The van der Waals surface area contributed by atoms with Crippen LogP contribution in [0.25, 0.3) is 0 Å². The Morgan fingerprint density at radius 3 is 2.36 bits per heavy atom. The lowest BCUT2D eigenvalue weighted by Crippen LogP contribution is -2.27. The van der Waals surface area contributed by atoms with Crippen LogP contribution in [-0.2, 0) is 19.6 Å². The molecular weight excluding hydrogens is 394 g/mol. The van der Waals surface area contributed by atoms with E-state index in [4.69, 9.17) is 4.55 Å². The zero-order valence-corrected chi connectivity index (χ0v) is 15.0. The molecule has 0 saturated heterocycles. The number of nitrogens with zero attached hydrogens (tertiary/aromatic N) is 2. The fourth-order valence-electron chi connectivity index (χ4n) is 2.01. The van der Waals surface area contributed by atoms with Crippen LogP contribution >= 0.6 is 0 Å². The summed E-state index contributed by atoms with van der Waals surface area (Å²) in [5.41, 5.74) is 1.40. The number of Topliss-reactive ketones (excluding diaryl/α,β-unsaturated/α-hetero) is 1. The van der Waals surface area contributed by atoms with Crippen molar-refractivity contribution in [3.63, 3.8) is 0 Å². The molecule has 0 bridgehead atoms. The number of nitrogens with one attached hydrogen (secondary N) is 1. The molecule has 0 heterocycles. The van der Waals surface area contributed by atoms with Crippen LogP contribution in [0.5, 0.6) is 0 Å². The molecule has 2 aromatic carbocycles. The van der Waals surface area contributed by atoms with E-state index in [1.165, 1.54) is 30.3 Å². The number of nitro groups is 1. The van der Waals surface area contributed by atoms with Gasteiger partial charge in [0, 0.05) is 17.7 Å². The summed E-state index contributed by atoms with van der Waals surface area (Å²) >= 11 is 0. The molecule has 2 rings (SSSR count). The van der Waals surface area contributed by atoms with Gasteiger partial charge in [-0.3, -0.25) is 24.9 Å². The summed E-state index contributed by atoms with van der Waals surface area (Å²) < 4.78 is 35.5. The summed E-state index contributed by atoms with van der Waals surface area (Å²) in [4.78, 5) is 34.2. The van der Waals surface area contributed by atoms with E-state index in [0.29, 0.717) is 0 Å². The predicted octanol–water partition coefficient (Wildman–Crippen LogP) is 1.67. The highest BCUT2D eigenvalue weighted by molar-refractivity contribution is 7.85. The Morgan fingerprint density at radius 1 is 1.18 bits per heavy atom. The van der Waals surface area contributed by atoms with Crippen LogP contribution in [0.4, 0.5) is 11.4 Å².